The molecule has 3 heterocycles. The monoisotopic (exact) mass is 376 g/mol. The van der Waals surface area contributed by atoms with Gasteiger partial charge >= 0.3 is 0 Å². The van der Waals surface area contributed by atoms with Crippen LogP contribution in [-0.2, 0) is 0 Å². The lowest BCUT2D eigenvalue weighted by Gasteiger charge is -2.41. The number of aromatic amines is 1. The van der Waals surface area contributed by atoms with Crippen LogP contribution in [0.3, 0.4) is 0 Å². The van der Waals surface area contributed by atoms with Crippen LogP contribution in [0, 0.1) is 0 Å². The smallest absolute Gasteiger partial charge is 0.228 e. The van der Waals surface area contributed by atoms with Crippen molar-refractivity contribution < 1.29 is 9.84 Å². The van der Waals surface area contributed by atoms with E-state index >= 15 is 0 Å². The highest BCUT2D eigenvalue weighted by Crippen LogP contribution is 2.37. The molecule has 0 atom stereocenters. The van der Waals surface area contributed by atoms with E-state index in [4.69, 9.17) is 4.74 Å². The third kappa shape index (κ3) is 2.82. The molecule has 8 heteroatoms. The molecule has 0 radical (unpaired) electrons. The highest BCUT2D eigenvalue weighted by Gasteiger charge is 2.38. The molecule has 0 aliphatic heterocycles. The minimum atomic E-state index is -0.607. The van der Waals surface area contributed by atoms with Crippen molar-refractivity contribution in [1.82, 2.24) is 24.9 Å². The maximum atomic E-state index is 9.92. The van der Waals surface area contributed by atoms with Crippen molar-refractivity contribution in [3.63, 3.8) is 0 Å². The maximum Gasteiger partial charge on any atom is 0.228 e. The fraction of sp³-hybridized carbons (Fsp3) is 0.300. The summed E-state index contributed by atoms with van der Waals surface area (Å²) in [4.78, 5) is 21.0. The Morgan fingerprint density at radius 1 is 1.18 bits per heavy atom. The first-order valence-electron chi connectivity index (χ1n) is 9.16. The number of aromatic nitrogens is 5. The van der Waals surface area contributed by atoms with Crippen LogP contribution in [-0.4, -0.2) is 48.8 Å². The Hall–Kier alpha value is -3.26. The zero-order chi connectivity index (χ0) is 19.3. The van der Waals surface area contributed by atoms with E-state index in [1.165, 1.54) is 0 Å². The molecular weight excluding hydrogens is 356 g/mol. The van der Waals surface area contributed by atoms with E-state index in [0.717, 1.165) is 27.5 Å². The summed E-state index contributed by atoms with van der Waals surface area (Å²) < 4.78 is 5.56. The minimum absolute atomic E-state index is 0.158. The predicted octanol–water partition coefficient (Wildman–Crippen LogP) is 2.90. The summed E-state index contributed by atoms with van der Waals surface area (Å²) in [6, 6.07) is 6.10. The zero-order valence-electron chi connectivity index (χ0n) is 15.6. The highest BCUT2D eigenvalue weighted by atomic mass is 16.5. The van der Waals surface area contributed by atoms with Gasteiger partial charge in [0.05, 0.1) is 29.1 Å². The van der Waals surface area contributed by atoms with Crippen LogP contribution in [0.25, 0.3) is 33.2 Å². The molecule has 0 unspecified atom stereocenters. The quantitative estimate of drug-likeness (QED) is 0.502. The Morgan fingerprint density at radius 2 is 1.96 bits per heavy atom. The van der Waals surface area contributed by atoms with Crippen LogP contribution < -0.4 is 10.1 Å². The summed E-state index contributed by atoms with van der Waals surface area (Å²) >= 11 is 0. The molecule has 4 aromatic rings. The molecule has 1 aromatic carbocycles. The molecule has 5 rings (SSSR count). The molecule has 1 fully saturated rings. The number of methoxy groups -OCH3 is 1. The number of hydrogen-bond donors (Lipinski definition) is 3. The predicted molar refractivity (Wildman–Crippen MR) is 106 cm³/mol. The number of aliphatic hydroxyl groups is 1. The summed E-state index contributed by atoms with van der Waals surface area (Å²) in [5.41, 5.74) is 3.68. The van der Waals surface area contributed by atoms with Gasteiger partial charge in [0.2, 0.25) is 11.8 Å². The lowest BCUT2D eigenvalue weighted by molar-refractivity contribution is -0.0236. The van der Waals surface area contributed by atoms with Crippen molar-refractivity contribution in [2.45, 2.75) is 31.4 Å². The number of H-pyrrole nitrogens is 1. The molecule has 142 valence electrons. The first-order valence-corrected chi connectivity index (χ1v) is 9.16. The average molecular weight is 376 g/mol. The van der Waals surface area contributed by atoms with Gasteiger partial charge in [-0.05, 0) is 37.5 Å². The molecule has 8 nitrogen and oxygen atoms in total. The maximum absolute atomic E-state index is 9.92. The number of benzene rings is 1. The van der Waals surface area contributed by atoms with Gasteiger partial charge in [0.1, 0.15) is 5.65 Å². The van der Waals surface area contributed by atoms with Crippen LogP contribution in [0.5, 0.6) is 5.88 Å². The average Bonchev–Trinajstić information content (AvgIpc) is 3.09. The van der Waals surface area contributed by atoms with E-state index in [-0.39, 0.29) is 6.04 Å². The third-order valence-electron chi connectivity index (χ3n) is 5.18. The third-order valence-corrected chi connectivity index (χ3v) is 5.18. The van der Waals surface area contributed by atoms with Gasteiger partial charge in [0, 0.05) is 30.2 Å². The standard InChI is InChI=1S/C20H20N6O2/c1-20(27)8-12(9-20)24-19-25-17-16(18(26-19)28-2)13(10-23-17)11-3-4-14-15(7-11)22-6-5-21-14/h3-7,10,12,27H,8-9H2,1-2H3,(H2,23,24,25,26)/t12-,20+. The largest absolute Gasteiger partial charge is 0.480 e. The second kappa shape index (κ2) is 6.13. The second-order valence-corrected chi connectivity index (χ2v) is 7.49. The highest BCUT2D eigenvalue weighted by molar-refractivity contribution is 5.99. The van der Waals surface area contributed by atoms with Gasteiger partial charge in [0.15, 0.2) is 0 Å². The molecule has 1 aliphatic rings. The molecule has 0 amide bonds. The summed E-state index contributed by atoms with van der Waals surface area (Å²) in [7, 11) is 1.60. The molecule has 1 aliphatic carbocycles. The van der Waals surface area contributed by atoms with Gasteiger partial charge in [-0.3, -0.25) is 9.97 Å². The summed E-state index contributed by atoms with van der Waals surface area (Å²) in [5.74, 6) is 0.983. The molecule has 3 aromatic heterocycles. The molecule has 3 N–H and O–H groups in total. The zero-order valence-corrected chi connectivity index (χ0v) is 15.6. The number of anilines is 1. The second-order valence-electron chi connectivity index (χ2n) is 7.49. The van der Waals surface area contributed by atoms with Crippen molar-refractivity contribution in [2.75, 3.05) is 12.4 Å². The van der Waals surface area contributed by atoms with Crippen LogP contribution >= 0.6 is 0 Å². The Labute approximate surface area is 161 Å². The Bertz CT molecular complexity index is 1180. The number of rotatable bonds is 4. The molecule has 0 bridgehead atoms. The van der Waals surface area contributed by atoms with E-state index in [1.807, 2.05) is 31.3 Å². The van der Waals surface area contributed by atoms with Crippen LogP contribution in [0.4, 0.5) is 5.95 Å². The van der Waals surface area contributed by atoms with Gasteiger partial charge in [0.25, 0.3) is 0 Å². The van der Waals surface area contributed by atoms with Crippen molar-refractivity contribution in [1.29, 1.82) is 0 Å². The summed E-state index contributed by atoms with van der Waals surface area (Å²) in [6.45, 7) is 1.83. The normalized spacial score (nSPS) is 21.6. The van der Waals surface area contributed by atoms with E-state index in [9.17, 15) is 5.11 Å². The first-order chi connectivity index (χ1) is 13.5. The van der Waals surface area contributed by atoms with Gasteiger partial charge in [-0.25, -0.2) is 0 Å². The Kier molecular flexibility index (Phi) is 3.70. The molecule has 0 saturated heterocycles. The fourth-order valence-electron chi connectivity index (χ4n) is 3.86. The van der Waals surface area contributed by atoms with Gasteiger partial charge in [-0.1, -0.05) is 6.07 Å². The Balaban J connectivity index is 1.55. The van der Waals surface area contributed by atoms with Gasteiger partial charge in [-0.2, -0.15) is 9.97 Å². The van der Waals surface area contributed by atoms with E-state index in [0.29, 0.717) is 30.3 Å². The molecule has 28 heavy (non-hydrogen) atoms. The Morgan fingerprint density at radius 3 is 2.71 bits per heavy atom. The lowest BCUT2D eigenvalue weighted by atomic mass is 9.77. The number of nitrogens with zero attached hydrogens (tertiary/aromatic N) is 4. The fourth-order valence-corrected chi connectivity index (χ4v) is 3.86. The number of ether oxygens (including phenoxy) is 1. The lowest BCUT2D eigenvalue weighted by Crippen LogP contribution is -2.48. The number of hydrogen-bond acceptors (Lipinski definition) is 7. The topological polar surface area (TPSA) is 109 Å². The van der Waals surface area contributed by atoms with Gasteiger partial charge < -0.3 is 20.1 Å². The van der Waals surface area contributed by atoms with E-state index in [2.05, 4.69) is 30.2 Å². The van der Waals surface area contributed by atoms with Gasteiger partial charge in [-0.15, -0.1) is 0 Å². The number of fused-ring (bicyclic) bond motifs is 2. The number of nitrogens with one attached hydrogen (secondary N) is 2. The van der Waals surface area contributed by atoms with Crippen LogP contribution in [0.2, 0.25) is 0 Å². The SMILES string of the molecule is COc1nc(N[C@H]2C[C@@](C)(O)C2)nc2[nH]cc(-c3ccc4nccnc4c3)c12. The van der Waals surface area contributed by atoms with E-state index < -0.39 is 5.60 Å². The molecule has 1 saturated carbocycles. The minimum Gasteiger partial charge on any atom is -0.480 e. The molecule has 0 spiro atoms. The van der Waals surface area contributed by atoms with Crippen LogP contribution in [0.1, 0.15) is 19.8 Å². The van der Waals surface area contributed by atoms with Crippen molar-refractivity contribution in [3.05, 3.63) is 36.8 Å². The van der Waals surface area contributed by atoms with Crippen molar-refractivity contribution in [3.8, 4) is 17.0 Å². The molecular formula is C20H20N6O2. The summed E-state index contributed by atoms with van der Waals surface area (Å²) in [6.07, 6.45) is 6.61. The summed E-state index contributed by atoms with van der Waals surface area (Å²) in [5, 5.41) is 14.0. The first kappa shape index (κ1) is 16.9. The van der Waals surface area contributed by atoms with E-state index in [1.54, 1.807) is 19.5 Å². The van der Waals surface area contributed by atoms with Crippen molar-refractivity contribution in [2.24, 2.45) is 0 Å². The van der Waals surface area contributed by atoms with Crippen LogP contribution in [0.15, 0.2) is 36.8 Å². The van der Waals surface area contributed by atoms with Crippen molar-refractivity contribution >= 4 is 28.0 Å².